The zero-order chi connectivity index (χ0) is 14.0. The Balaban J connectivity index is 2.52. The molecule has 1 aromatic heterocycles. The van der Waals surface area contributed by atoms with Crippen molar-refractivity contribution in [1.29, 1.82) is 0 Å². The lowest BCUT2D eigenvalue weighted by atomic mass is 10.1. The van der Waals surface area contributed by atoms with Gasteiger partial charge in [-0.1, -0.05) is 0 Å². The van der Waals surface area contributed by atoms with Crippen LogP contribution in [0.25, 0.3) is 0 Å². The van der Waals surface area contributed by atoms with Crippen LogP contribution in [-0.4, -0.2) is 20.0 Å². The van der Waals surface area contributed by atoms with E-state index in [-0.39, 0.29) is 5.78 Å². The molecule has 1 aromatic carbocycles. The minimum atomic E-state index is -0.118. The number of carbonyl (C=O) groups is 1. The number of nitrogen functional groups attached to an aromatic ring is 1. The van der Waals surface area contributed by atoms with Gasteiger partial charge in [0.15, 0.2) is 0 Å². The Hall–Kier alpha value is -2.01. The lowest BCUT2D eigenvalue weighted by molar-refractivity contribution is 0.104. The van der Waals surface area contributed by atoms with Crippen LogP contribution in [0, 0.1) is 6.92 Å². The van der Waals surface area contributed by atoms with Crippen LogP contribution >= 0.6 is 11.3 Å². The summed E-state index contributed by atoms with van der Waals surface area (Å²) in [6, 6.07) is 7.00. The maximum Gasteiger partial charge on any atom is 0.205 e. The molecule has 0 fully saturated rings. The predicted molar refractivity (Wildman–Crippen MR) is 76.4 cm³/mol. The minimum absolute atomic E-state index is 0.118. The van der Waals surface area contributed by atoms with Crippen molar-refractivity contribution in [2.24, 2.45) is 0 Å². The summed E-state index contributed by atoms with van der Waals surface area (Å²) in [5.41, 5.74) is 6.70. The van der Waals surface area contributed by atoms with Gasteiger partial charge in [-0.3, -0.25) is 4.79 Å². The van der Waals surface area contributed by atoms with Crippen molar-refractivity contribution < 1.29 is 14.3 Å². The standard InChI is InChI=1S/C14H15NO3S/c1-8-4-5-12(19-8)14(16)10-6-9(17-2)7-11(18-3)13(10)15/h4-7H,15H2,1-3H3. The summed E-state index contributed by atoms with van der Waals surface area (Å²) in [6.45, 7) is 1.96. The number of hydrogen-bond donors (Lipinski definition) is 1. The Morgan fingerprint density at radius 3 is 2.47 bits per heavy atom. The van der Waals surface area contributed by atoms with Crippen molar-refractivity contribution in [2.45, 2.75) is 6.92 Å². The summed E-state index contributed by atoms with van der Waals surface area (Å²) in [5, 5.41) is 0. The van der Waals surface area contributed by atoms with Gasteiger partial charge in [-0.15, -0.1) is 11.3 Å². The molecule has 0 unspecified atom stereocenters. The first-order valence-electron chi connectivity index (χ1n) is 5.69. The van der Waals surface area contributed by atoms with Crippen LogP contribution < -0.4 is 15.2 Å². The van der Waals surface area contributed by atoms with E-state index in [1.807, 2.05) is 13.0 Å². The fraction of sp³-hybridized carbons (Fsp3) is 0.214. The van der Waals surface area contributed by atoms with Crippen LogP contribution in [0.2, 0.25) is 0 Å². The molecule has 0 atom stereocenters. The molecule has 0 bridgehead atoms. The molecule has 0 aliphatic carbocycles. The smallest absolute Gasteiger partial charge is 0.205 e. The highest BCUT2D eigenvalue weighted by Gasteiger charge is 2.18. The lowest BCUT2D eigenvalue weighted by Gasteiger charge is -2.11. The van der Waals surface area contributed by atoms with E-state index in [2.05, 4.69) is 0 Å². The highest BCUT2D eigenvalue weighted by Crippen LogP contribution is 2.33. The van der Waals surface area contributed by atoms with Gasteiger partial charge in [0.05, 0.1) is 30.3 Å². The first kappa shape index (κ1) is 13.4. The first-order valence-corrected chi connectivity index (χ1v) is 6.51. The Kier molecular flexibility index (Phi) is 3.76. The molecule has 0 aliphatic rings. The van der Waals surface area contributed by atoms with Crippen molar-refractivity contribution in [3.05, 3.63) is 39.6 Å². The third-order valence-electron chi connectivity index (χ3n) is 2.78. The maximum absolute atomic E-state index is 12.4. The number of ketones is 1. The average Bonchev–Trinajstić information content (AvgIpc) is 2.85. The minimum Gasteiger partial charge on any atom is -0.497 e. The highest BCUT2D eigenvalue weighted by atomic mass is 32.1. The number of methoxy groups -OCH3 is 2. The van der Waals surface area contributed by atoms with Crippen LogP contribution in [0.5, 0.6) is 11.5 Å². The lowest BCUT2D eigenvalue weighted by Crippen LogP contribution is -2.06. The van der Waals surface area contributed by atoms with Gasteiger partial charge in [-0.05, 0) is 25.1 Å². The van der Waals surface area contributed by atoms with E-state index >= 15 is 0 Å². The second-order valence-corrected chi connectivity index (χ2v) is 5.32. The predicted octanol–water partition coefficient (Wildman–Crippen LogP) is 2.89. The zero-order valence-corrected chi connectivity index (χ0v) is 11.8. The highest BCUT2D eigenvalue weighted by molar-refractivity contribution is 7.14. The third-order valence-corrected chi connectivity index (χ3v) is 3.78. The Bertz CT molecular complexity index is 619. The number of rotatable bonds is 4. The molecule has 0 aliphatic heterocycles. The van der Waals surface area contributed by atoms with Gasteiger partial charge in [-0.25, -0.2) is 0 Å². The van der Waals surface area contributed by atoms with E-state index in [1.165, 1.54) is 25.6 Å². The van der Waals surface area contributed by atoms with Gasteiger partial charge in [0.2, 0.25) is 5.78 Å². The van der Waals surface area contributed by atoms with Crippen molar-refractivity contribution in [3.63, 3.8) is 0 Å². The number of ether oxygens (including phenoxy) is 2. The van der Waals surface area contributed by atoms with Crippen LogP contribution in [0.4, 0.5) is 5.69 Å². The summed E-state index contributed by atoms with van der Waals surface area (Å²) in [4.78, 5) is 14.2. The Morgan fingerprint density at radius 2 is 1.95 bits per heavy atom. The van der Waals surface area contributed by atoms with Crippen LogP contribution in [0.1, 0.15) is 20.1 Å². The molecule has 19 heavy (non-hydrogen) atoms. The van der Waals surface area contributed by atoms with E-state index in [4.69, 9.17) is 15.2 Å². The summed E-state index contributed by atoms with van der Waals surface area (Å²) in [7, 11) is 3.04. The van der Waals surface area contributed by atoms with E-state index in [9.17, 15) is 4.79 Å². The number of benzene rings is 1. The van der Waals surface area contributed by atoms with Crippen molar-refractivity contribution in [1.82, 2.24) is 0 Å². The van der Waals surface area contributed by atoms with E-state index in [0.717, 1.165) is 4.88 Å². The average molecular weight is 277 g/mol. The summed E-state index contributed by atoms with van der Waals surface area (Å²) >= 11 is 1.44. The number of hydrogen-bond acceptors (Lipinski definition) is 5. The number of thiophene rings is 1. The van der Waals surface area contributed by atoms with E-state index < -0.39 is 0 Å². The van der Waals surface area contributed by atoms with Gasteiger partial charge in [0.1, 0.15) is 11.5 Å². The molecule has 0 saturated carbocycles. The number of aryl methyl sites for hydroxylation is 1. The Morgan fingerprint density at radius 1 is 1.21 bits per heavy atom. The zero-order valence-electron chi connectivity index (χ0n) is 11.0. The fourth-order valence-corrected chi connectivity index (χ4v) is 2.59. The van der Waals surface area contributed by atoms with Gasteiger partial charge in [0.25, 0.3) is 0 Å². The van der Waals surface area contributed by atoms with Gasteiger partial charge >= 0.3 is 0 Å². The summed E-state index contributed by atoms with van der Waals surface area (Å²) < 4.78 is 10.3. The molecule has 0 saturated heterocycles. The third kappa shape index (κ3) is 2.56. The molecule has 2 N–H and O–H groups in total. The van der Waals surface area contributed by atoms with E-state index in [1.54, 1.807) is 18.2 Å². The van der Waals surface area contributed by atoms with Crippen molar-refractivity contribution >= 4 is 22.8 Å². The summed E-state index contributed by atoms with van der Waals surface area (Å²) in [6.07, 6.45) is 0. The van der Waals surface area contributed by atoms with Crippen molar-refractivity contribution in [2.75, 3.05) is 20.0 Å². The maximum atomic E-state index is 12.4. The SMILES string of the molecule is COc1cc(OC)c(N)c(C(=O)c2ccc(C)s2)c1. The molecule has 2 aromatic rings. The van der Waals surface area contributed by atoms with Crippen molar-refractivity contribution in [3.8, 4) is 11.5 Å². The van der Waals surface area contributed by atoms with Gasteiger partial charge in [-0.2, -0.15) is 0 Å². The van der Waals surface area contributed by atoms with Gasteiger partial charge < -0.3 is 15.2 Å². The molecule has 0 radical (unpaired) electrons. The second kappa shape index (κ2) is 5.32. The number of nitrogens with two attached hydrogens (primary N) is 1. The van der Waals surface area contributed by atoms with Gasteiger partial charge in [0, 0.05) is 10.9 Å². The molecule has 2 rings (SSSR count). The molecule has 5 heteroatoms. The van der Waals surface area contributed by atoms with Crippen LogP contribution in [0.15, 0.2) is 24.3 Å². The summed E-state index contributed by atoms with van der Waals surface area (Å²) in [5.74, 6) is 0.867. The largest absolute Gasteiger partial charge is 0.497 e. The topological polar surface area (TPSA) is 61.6 Å². The fourth-order valence-electron chi connectivity index (χ4n) is 1.77. The normalized spacial score (nSPS) is 10.3. The molecular formula is C14H15NO3S. The Labute approximate surface area is 115 Å². The molecule has 100 valence electrons. The molecule has 1 heterocycles. The molecule has 4 nitrogen and oxygen atoms in total. The number of anilines is 1. The first-order chi connectivity index (χ1) is 9.06. The molecule has 0 amide bonds. The molecular weight excluding hydrogens is 262 g/mol. The van der Waals surface area contributed by atoms with E-state index in [0.29, 0.717) is 27.6 Å². The monoisotopic (exact) mass is 277 g/mol. The van der Waals surface area contributed by atoms with Crippen LogP contribution in [-0.2, 0) is 0 Å². The van der Waals surface area contributed by atoms with Crippen LogP contribution in [0.3, 0.4) is 0 Å². The quantitative estimate of drug-likeness (QED) is 0.689. The number of carbonyl (C=O) groups excluding carboxylic acids is 1. The second-order valence-electron chi connectivity index (χ2n) is 4.03. The molecule has 0 spiro atoms.